The summed E-state index contributed by atoms with van der Waals surface area (Å²) in [5.74, 6) is 0.317. The van der Waals surface area contributed by atoms with Crippen LogP contribution < -0.4 is 5.32 Å². The summed E-state index contributed by atoms with van der Waals surface area (Å²) in [5.41, 5.74) is 2.22. The molecule has 18 heavy (non-hydrogen) atoms. The zero-order chi connectivity index (χ0) is 13.0. The Labute approximate surface area is 105 Å². The van der Waals surface area contributed by atoms with Gasteiger partial charge in [-0.15, -0.1) is 0 Å². The van der Waals surface area contributed by atoms with Gasteiger partial charge in [-0.3, -0.25) is 10.1 Å². The standard InChI is InChI=1S/C13H14N2O3/c1-2-10-4-3-5-11(8-10)14-9-12-6-7-13(18-12)15(16)17/h3-8,14H,2,9H2,1H3. The maximum atomic E-state index is 10.5. The van der Waals surface area contributed by atoms with E-state index in [-0.39, 0.29) is 5.88 Å². The van der Waals surface area contributed by atoms with Gasteiger partial charge in [0.2, 0.25) is 0 Å². The molecule has 0 saturated carbocycles. The third-order valence-electron chi connectivity index (χ3n) is 2.63. The van der Waals surface area contributed by atoms with Crippen molar-refractivity contribution < 1.29 is 9.34 Å². The minimum atomic E-state index is -0.540. The van der Waals surface area contributed by atoms with Crippen LogP contribution in [0, 0.1) is 10.1 Å². The number of hydrogen-bond donors (Lipinski definition) is 1. The highest BCUT2D eigenvalue weighted by Crippen LogP contribution is 2.17. The fourth-order valence-electron chi connectivity index (χ4n) is 1.65. The van der Waals surface area contributed by atoms with Crippen LogP contribution >= 0.6 is 0 Å². The van der Waals surface area contributed by atoms with Crippen LogP contribution in [0.5, 0.6) is 0 Å². The SMILES string of the molecule is CCc1cccc(NCc2ccc([N+](=O)[O-])o2)c1. The van der Waals surface area contributed by atoms with E-state index < -0.39 is 4.92 Å². The Bertz CT molecular complexity index is 549. The van der Waals surface area contributed by atoms with Crippen molar-refractivity contribution >= 4 is 11.6 Å². The molecule has 0 saturated heterocycles. The van der Waals surface area contributed by atoms with Crippen LogP contribution in [-0.2, 0) is 13.0 Å². The smallest absolute Gasteiger partial charge is 0.404 e. The average Bonchev–Trinajstić information content (AvgIpc) is 2.85. The van der Waals surface area contributed by atoms with Crippen molar-refractivity contribution in [1.82, 2.24) is 0 Å². The molecule has 1 aromatic carbocycles. The predicted molar refractivity (Wildman–Crippen MR) is 68.5 cm³/mol. The number of rotatable bonds is 5. The molecule has 2 rings (SSSR count). The zero-order valence-corrected chi connectivity index (χ0v) is 10.1. The van der Waals surface area contributed by atoms with Gasteiger partial charge in [0, 0.05) is 5.69 Å². The van der Waals surface area contributed by atoms with Crippen LogP contribution in [0.4, 0.5) is 11.6 Å². The van der Waals surface area contributed by atoms with Gasteiger partial charge in [0.25, 0.3) is 0 Å². The number of anilines is 1. The van der Waals surface area contributed by atoms with Gasteiger partial charge in [-0.05, 0) is 30.2 Å². The Morgan fingerprint density at radius 3 is 2.83 bits per heavy atom. The van der Waals surface area contributed by atoms with Crippen molar-refractivity contribution in [3.05, 3.63) is 57.8 Å². The van der Waals surface area contributed by atoms with Crippen LogP contribution in [0.1, 0.15) is 18.2 Å². The Morgan fingerprint density at radius 1 is 1.33 bits per heavy atom. The molecule has 0 bridgehead atoms. The van der Waals surface area contributed by atoms with Gasteiger partial charge in [0.1, 0.15) is 10.7 Å². The molecule has 0 fully saturated rings. The molecule has 2 aromatic rings. The normalized spacial score (nSPS) is 10.3. The number of nitro groups is 1. The average molecular weight is 246 g/mol. The molecule has 0 radical (unpaired) electrons. The monoisotopic (exact) mass is 246 g/mol. The van der Waals surface area contributed by atoms with Crippen LogP contribution in [0.15, 0.2) is 40.8 Å². The van der Waals surface area contributed by atoms with Crippen LogP contribution in [0.25, 0.3) is 0 Å². The van der Waals surface area contributed by atoms with Gasteiger partial charge in [0.05, 0.1) is 12.6 Å². The molecule has 5 heteroatoms. The largest absolute Gasteiger partial charge is 0.433 e. The molecule has 1 N–H and O–H groups in total. The molecule has 0 spiro atoms. The molecule has 5 nitrogen and oxygen atoms in total. The van der Waals surface area contributed by atoms with E-state index in [1.807, 2.05) is 12.1 Å². The van der Waals surface area contributed by atoms with Gasteiger partial charge in [-0.25, -0.2) is 0 Å². The van der Waals surface area contributed by atoms with E-state index in [0.717, 1.165) is 12.1 Å². The Kier molecular flexibility index (Phi) is 3.62. The summed E-state index contributed by atoms with van der Waals surface area (Å²) < 4.78 is 5.06. The van der Waals surface area contributed by atoms with Gasteiger partial charge in [-0.1, -0.05) is 19.1 Å². The lowest BCUT2D eigenvalue weighted by Gasteiger charge is -2.05. The van der Waals surface area contributed by atoms with Gasteiger partial charge >= 0.3 is 5.88 Å². The lowest BCUT2D eigenvalue weighted by Crippen LogP contribution is -1.98. The summed E-state index contributed by atoms with van der Waals surface area (Å²) in [5, 5.41) is 13.6. The molecule has 1 aromatic heterocycles. The maximum Gasteiger partial charge on any atom is 0.433 e. The zero-order valence-electron chi connectivity index (χ0n) is 10.1. The van der Waals surface area contributed by atoms with Crippen molar-refractivity contribution in [2.45, 2.75) is 19.9 Å². The summed E-state index contributed by atoms with van der Waals surface area (Å²) in [6.45, 7) is 2.52. The second kappa shape index (κ2) is 5.35. The molecule has 0 amide bonds. The highest BCUT2D eigenvalue weighted by Gasteiger charge is 2.11. The van der Waals surface area contributed by atoms with Gasteiger partial charge in [-0.2, -0.15) is 0 Å². The second-order valence-electron chi connectivity index (χ2n) is 3.90. The fraction of sp³-hybridized carbons (Fsp3) is 0.231. The predicted octanol–water partition coefficient (Wildman–Crippen LogP) is 3.36. The second-order valence-corrected chi connectivity index (χ2v) is 3.90. The summed E-state index contributed by atoms with van der Waals surface area (Å²) in [6, 6.07) is 11.0. The van der Waals surface area contributed by atoms with E-state index in [1.54, 1.807) is 6.07 Å². The molecule has 0 aliphatic rings. The molecule has 0 unspecified atom stereocenters. The molecular formula is C13H14N2O3. The summed E-state index contributed by atoms with van der Waals surface area (Å²) in [7, 11) is 0. The molecule has 1 heterocycles. The van der Waals surface area contributed by atoms with Gasteiger partial charge < -0.3 is 9.73 Å². The maximum absolute atomic E-state index is 10.5. The van der Waals surface area contributed by atoms with Crippen LogP contribution in [0.3, 0.4) is 0 Å². The van der Waals surface area contributed by atoms with Crippen molar-refractivity contribution in [2.75, 3.05) is 5.32 Å². The molecular weight excluding hydrogens is 232 g/mol. The van der Waals surface area contributed by atoms with E-state index in [2.05, 4.69) is 24.4 Å². The Balaban J connectivity index is 1.99. The summed E-state index contributed by atoms with van der Waals surface area (Å²) >= 11 is 0. The number of benzene rings is 1. The molecule has 94 valence electrons. The number of nitrogens with zero attached hydrogens (tertiary/aromatic N) is 1. The van der Waals surface area contributed by atoms with E-state index in [4.69, 9.17) is 4.42 Å². The summed E-state index contributed by atoms with van der Waals surface area (Å²) in [4.78, 5) is 9.92. The highest BCUT2D eigenvalue weighted by molar-refractivity contribution is 5.45. The third-order valence-corrected chi connectivity index (χ3v) is 2.63. The highest BCUT2D eigenvalue weighted by atomic mass is 16.6. The number of furan rings is 1. The van der Waals surface area contributed by atoms with Crippen molar-refractivity contribution in [2.24, 2.45) is 0 Å². The number of aryl methyl sites for hydroxylation is 1. The lowest BCUT2D eigenvalue weighted by atomic mass is 10.1. The minimum absolute atomic E-state index is 0.228. The number of nitrogens with one attached hydrogen (secondary N) is 1. The van der Waals surface area contributed by atoms with Crippen LogP contribution in [0.2, 0.25) is 0 Å². The Morgan fingerprint density at radius 2 is 2.17 bits per heavy atom. The first-order valence-electron chi connectivity index (χ1n) is 5.75. The minimum Gasteiger partial charge on any atom is -0.404 e. The molecule has 0 aliphatic carbocycles. The number of hydrogen-bond acceptors (Lipinski definition) is 4. The van der Waals surface area contributed by atoms with Gasteiger partial charge in [0.15, 0.2) is 0 Å². The first-order valence-corrected chi connectivity index (χ1v) is 5.75. The molecule has 0 atom stereocenters. The van der Waals surface area contributed by atoms with E-state index >= 15 is 0 Å². The van der Waals surface area contributed by atoms with Crippen molar-refractivity contribution in [3.63, 3.8) is 0 Å². The topological polar surface area (TPSA) is 68.3 Å². The summed E-state index contributed by atoms with van der Waals surface area (Å²) in [6.07, 6.45) is 0.974. The quantitative estimate of drug-likeness (QED) is 0.648. The third kappa shape index (κ3) is 2.88. The molecule has 0 aliphatic heterocycles. The van der Waals surface area contributed by atoms with E-state index in [1.165, 1.54) is 11.6 Å². The first kappa shape index (κ1) is 12.2. The van der Waals surface area contributed by atoms with E-state index in [0.29, 0.717) is 12.3 Å². The first-order chi connectivity index (χ1) is 8.69. The van der Waals surface area contributed by atoms with Crippen molar-refractivity contribution in [3.8, 4) is 0 Å². The lowest BCUT2D eigenvalue weighted by molar-refractivity contribution is -0.402. The Hall–Kier alpha value is -2.30. The van der Waals surface area contributed by atoms with Crippen LogP contribution in [-0.4, -0.2) is 4.92 Å². The van der Waals surface area contributed by atoms with E-state index in [9.17, 15) is 10.1 Å². The van der Waals surface area contributed by atoms with Crippen molar-refractivity contribution in [1.29, 1.82) is 0 Å². The fourth-order valence-corrected chi connectivity index (χ4v) is 1.65.